The van der Waals surface area contributed by atoms with Crippen LogP contribution < -0.4 is 0 Å². The molecule has 3 aliphatic heterocycles. The molecule has 0 bridgehead atoms. The molecule has 6 aromatic rings. The highest BCUT2D eigenvalue weighted by Crippen LogP contribution is 2.40. The van der Waals surface area contributed by atoms with Gasteiger partial charge in [-0.2, -0.15) is 0 Å². The Morgan fingerprint density at radius 3 is 1.59 bits per heavy atom. The van der Waals surface area contributed by atoms with Gasteiger partial charge < -0.3 is 52.1 Å². The third kappa shape index (κ3) is 12.9. The van der Waals surface area contributed by atoms with E-state index >= 15 is 0 Å². The molecule has 3 saturated heterocycles. The lowest BCUT2D eigenvalue weighted by molar-refractivity contribution is -0.395. The summed E-state index contributed by atoms with van der Waals surface area (Å²) in [6.07, 6.45) is -8.37. The van der Waals surface area contributed by atoms with Crippen LogP contribution in [-0.4, -0.2) is 87.2 Å². The summed E-state index contributed by atoms with van der Waals surface area (Å²) in [5.74, 6) is -0.595. The SMILES string of the molecule is C=CCO[C@@H]1O[C@H](COCc2ccccc2)[C@@H](O[C@@H]2O[C@@H]3CO[C@@H](c4ccccc4)O[C@H]3[C@H](OCc3ccccc3)[C@@H]2OCc2ccccc2)[C@H](OCc2ccccc2)[C@H]1OC(=O)c1ccccc1. The van der Waals surface area contributed by atoms with Crippen molar-refractivity contribution in [3.63, 3.8) is 0 Å². The monoisotopic (exact) mass is 934 g/mol. The molecule has 0 aliphatic carbocycles. The summed E-state index contributed by atoms with van der Waals surface area (Å²) in [5, 5.41) is 0. The second-order valence-corrected chi connectivity index (χ2v) is 17.0. The second kappa shape index (κ2) is 24.6. The molecule has 0 radical (unpaired) electrons. The van der Waals surface area contributed by atoms with E-state index < -0.39 is 73.7 Å². The first kappa shape index (κ1) is 48.2. The first-order chi connectivity index (χ1) is 34.1. The molecule has 12 heteroatoms. The highest BCUT2D eigenvalue weighted by atomic mass is 16.8. The van der Waals surface area contributed by atoms with Crippen molar-refractivity contribution in [3.8, 4) is 0 Å². The maximum absolute atomic E-state index is 14.1. The molecule has 6 aromatic carbocycles. The second-order valence-electron chi connectivity index (χ2n) is 17.0. The molecule has 9 rings (SSSR count). The van der Waals surface area contributed by atoms with Crippen molar-refractivity contribution in [3.05, 3.63) is 228 Å². The summed E-state index contributed by atoms with van der Waals surface area (Å²) in [6, 6.07) is 57.9. The van der Waals surface area contributed by atoms with Crippen molar-refractivity contribution in [2.75, 3.05) is 19.8 Å². The number of benzene rings is 6. The highest BCUT2D eigenvalue weighted by molar-refractivity contribution is 5.89. The van der Waals surface area contributed by atoms with Crippen molar-refractivity contribution in [1.29, 1.82) is 0 Å². The van der Waals surface area contributed by atoms with Gasteiger partial charge in [0.05, 0.1) is 51.8 Å². The van der Waals surface area contributed by atoms with Crippen LogP contribution in [0.15, 0.2) is 195 Å². The van der Waals surface area contributed by atoms with Crippen LogP contribution in [-0.2, 0) is 78.5 Å². The molecule has 3 fully saturated rings. The average molecular weight is 935 g/mol. The third-order valence-corrected chi connectivity index (χ3v) is 12.1. The molecule has 0 spiro atoms. The topological polar surface area (TPSA) is 119 Å². The minimum Gasteiger partial charge on any atom is -0.450 e. The first-order valence-electron chi connectivity index (χ1n) is 23.4. The van der Waals surface area contributed by atoms with E-state index in [0.717, 1.165) is 27.8 Å². The first-order valence-corrected chi connectivity index (χ1v) is 23.4. The molecular formula is C57H58O12. The van der Waals surface area contributed by atoms with E-state index in [1.54, 1.807) is 30.3 Å². The number of carbonyl (C=O) groups is 1. The van der Waals surface area contributed by atoms with Gasteiger partial charge in [0.2, 0.25) is 0 Å². The van der Waals surface area contributed by atoms with Crippen LogP contribution in [0.1, 0.15) is 44.5 Å². The number of fused-ring (bicyclic) bond motifs is 1. The summed E-state index contributed by atoms with van der Waals surface area (Å²) in [5.41, 5.74) is 4.95. The Hall–Kier alpha value is -5.87. The number of carbonyl (C=O) groups excluding carboxylic acids is 1. The summed E-state index contributed by atoms with van der Waals surface area (Å²) in [7, 11) is 0. The van der Waals surface area contributed by atoms with Gasteiger partial charge in [-0.3, -0.25) is 0 Å². The van der Waals surface area contributed by atoms with E-state index in [1.165, 1.54) is 0 Å². The Balaban J connectivity index is 1.10. The lowest BCUT2D eigenvalue weighted by Gasteiger charge is -2.51. The van der Waals surface area contributed by atoms with Crippen LogP contribution in [0.5, 0.6) is 0 Å². The largest absolute Gasteiger partial charge is 0.450 e. The van der Waals surface area contributed by atoms with Crippen molar-refractivity contribution in [2.45, 2.75) is 94.1 Å². The Morgan fingerprint density at radius 2 is 1.03 bits per heavy atom. The molecule has 0 aromatic heterocycles. The molecule has 11 atom stereocenters. The zero-order chi connectivity index (χ0) is 47.0. The van der Waals surface area contributed by atoms with E-state index in [0.29, 0.717) is 5.56 Å². The summed E-state index contributed by atoms with van der Waals surface area (Å²) >= 11 is 0. The van der Waals surface area contributed by atoms with Crippen LogP contribution in [0.4, 0.5) is 0 Å². The van der Waals surface area contributed by atoms with E-state index in [-0.39, 0.29) is 46.2 Å². The molecule has 12 nitrogen and oxygen atoms in total. The van der Waals surface area contributed by atoms with E-state index in [9.17, 15) is 4.79 Å². The predicted molar refractivity (Wildman–Crippen MR) is 255 cm³/mol. The number of hydrogen-bond donors (Lipinski definition) is 0. The normalized spacial score (nSPS) is 26.6. The number of hydrogen-bond acceptors (Lipinski definition) is 12. The van der Waals surface area contributed by atoms with Gasteiger partial charge in [-0.15, -0.1) is 6.58 Å². The van der Waals surface area contributed by atoms with Gasteiger partial charge in [-0.05, 0) is 34.4 Å². The Labute approximate surface area is 403 Å². The zero-order valence-corrected chi connectivity index (χ0v) is 38.3. The van der Waals surface area contributed by atoms with Crippen molar-refractivity contribution >= 4 is 5.97 Å². The minimum absolute atomic E-state index is 0.0330. The molecule has 0 saturated carbocycles. The molecular weight excluding hydrogens is 877 g/mol. The molecule has 358 valence electrons. The molecule has 0 N–H and O–H groups in total. The Kier molecular flexibility index (Phi) is 17.2. The fourth-order valence-electron chi connectivity index (χ4n) is 8.68. The van der Waals surface area contributed by atoms with Gasteiger partial charge in [-0.25, -0.2) is 4.79 Å². The molecule has 3 heterocycles. The lowest BCUT2D eigenvalue weighted by atomic mass is 9.95. The zero-order valence-electron chi connectivity index (χ0n) is 38.3. The van der Waals surface area contributed by atoms with Crippen LogP contribution in [0.2, 0.25) is 0 Å². The summed E-state index contributed by atoms with van der Waals surface area (Å²) < 4.78 is 74.3. The summed E-state index contributed by atoms with van der Waals surface area (Å²) in [6.45, 7) is 5.03. The van der Waals surface area contributed by atoms with Gasteiger partial charge in [0, 0.05) is 5.56 Å². The van der Waals surface area contributed by atoms with Crippen LogP contribution >= 0.6 is 0 Å². The Morgan fingerprint density at radius 1 is 0.522 bits per heavy atom. The van der Waals surface area contributed by atoms with E-state index in [4.69, 9.17) is 52.1 Å². The standard InChI is InChI=1S/C57H58O12/c1-2-33-60-56-53(67-54(58)44-29-17-7-18-30-44)51(62-36-42-25-13-5-14-26-42)48(46(65-56)38-59-34-40-21-9-3-10-22-40)69-57-52(63-37-43-27-15-6-16-28-43)50(61-35-41-23-11-4-12-24-41)49-47(66-57)39-64-55(68-49)45-31-19-8-20-32-45/h2-32,46-53,55-57H,1,33-39H2/t46-,47-,48-,49-,50+,51+,52+,53-,55-,56-,57+/m1/s1. The van der Waals surface area contributed by atoms with Crippen LogP contribution in [0.25, 0.3) is 0 Å². The third-order valence-electron chi connectivity index (χ3n) is 12.1. The molecule has 0 amide bonds. The fourth-order valence-corrected chi connectivity index (χ4v) is 8.68. The maximum atomic E-state index is 14.1. The quantitative estimate of drug-likeness (QED) is 0.0506. The highest BCUT2D eigenvalue weighted by Gasteiger charge is 2.56. The van der Waals surface area contributed by atoms with E-state index in [2.05, 4.69) is 6.58 Å². The van der Waals surface area contributed by atoms with Gasteiger partial charge in [-0.1, -0.05) is 176 Å². The van der Waals surface area contributed by atoms with Gasteiger partial charge >= 0.3 is 5.97 Å². The fraction of sp³-hybridized carbons (Fsp3) is 0.316. The van der Waals surface area contributed by atoms with Gasteiger partial charge in [0.1, 0.15) is 42.7 Å². The van der Waals surface area contributed by atoms with Crippen LogP contribution in [0, 0.1) is 0 Å². The maximum Gasteiger partial charge on any atom is 0.338 e. The molecule has 69 heavy (non-hydrogen) atoms. The van der Waals surface area contributed by atoms with Crippen molar-refractivity contribution < 1.29 is 56.9 Å². The van der Waals surface area contributed by atoms with Crippen molar-refractivity contribution in [1.82, 2.24) is 0 Å². The number of esters is 1. The predicted octanol–water partition coefficient (Wildman–Crippen LogP) is 9.34. The van der Waals surface area contributed by atoms with Crippen molar-refractivity contribution in [2.24, 2.45) is 0 Å². The molecule has 0 unspecified atom stereocenters. The lowest BCUT2D eigenvalue weighted by Crippen LogP contribution is -2.67. The van der Waals surface area contributed by atoms with Gasteiger partial charge in [0.15, 0.2) is 25.0 Å². The van der Waals surface area contributed by atoms with E-state index in [1.807, 2.05) is 158 Å². The minimum atomic E-state index is -1.16. The van der Waals surface area contributed by atoms with Gasteiger partial charge in [0.25, 0.3) is 0 Å². The van der Waals surface area contributed by atoms with Crippen LogP contribution in [0.3, 0.4) is 0 Å². The molecule has 3 aliphatic rings. The average Bonchev–Trinajstić information content (AvgIpc) is 3.41. The smallest absolute Gasteiger partial charge is 0.338 e. The Bertz CT molecular complexity index is 2430. The number of ether oxygens (including phenoxy) is 11. The summed E-state index contributed by atoms with van der Waals surface area (Å²) in [4.78, 5) is 14.1. The number of rotatable bonds is 21.